The van der Waals surface area contributed by atoms with Gasteiger partial charge in [0.05, 0.1) is 28.4 Å². The van der Waals surface area contributed by atoms with Crippen molar-refractivity contribution < 1.29 is 18.0 Å². The van der Waals surface area contributed by atoms with E-state index >= 15 is 0 Å². The molecule has 0 fully saturated rings. The minimum Gasteiger partial charge on any atom is -0.336 e. The lowest BCUT2D eigenvalue weighted by Crippen LogP contribution is -2.27. The molecule has 1 aromatic carbocycles. The second-order valence-electron chi connectivity index (χ2n) is 5.68. The first kappa shape index (κ1) is 20.2. The van der Waals surface area contributed by atoms with Crippen molar-refractivity contribution in [1.82, 2.24) is 4.90 Å². The summed E-state index contributed by atoms with van der Waals surface area (Å²) in [6.45, 7) is 1.66. The molecule has 1 heterocycles. The van der Waals surface area contributed by atoms with E-state index in [0.29, 0.717) is 16.6 Å². The van der Waals surface area contributed by atoms with Crippen molar-refractivity contribution in [3.05, 3.63) is 45.1 Å². The van der Waals surface area contributed by atoms with E-state index in [1.54, 1.807) is 13.1 Å². The van der Waals surface area contributed by atoms with E-state index in [1.165, 1.54) is 41.4 Å². The fourth-order valence-electron chi connectivity index (χ4n) is 2.24. The predicted molar refractivity (Wildman–Crippen MR) is 104 cm³/mol. The van der Waals surface area contributed by atoms with Gasteiger partial charge in [0, 0.05) is 24.5 Å². The van der Waals surface area contributed by atoms with Crippen LogP contribution in [0.3, 0.4) is 0 Å². The number of rotatable bonds is 6. The lowest BCUT2D eigenvalue weighted by Gasteiger charge is -2.19. The summed E-state index contributed by atoms with van der Waals surface area (Å²) in [5, 5.41) is 2.58. The van der Waals surface area contributed by atoms with Crippen molar-refractivity contribution in [2.45, 2.75) is 13.5 Å². The van der Waals surface area contributed by atoms with Gasteiger partial charge >= 0.3 is 0 Å². The van der Waals surface area contributed by atoms with E-state index < -0.39 is 15.9 Å². The molecule has 2 aromatic rings. The highest BCUT2D eigenvalue weighted by atomic mass is 35.5. The molecule has 0 aliphatic rings. The standard InChI is InChI=1S/C16H18ClN3O4S2/c1-10(21)18-11-4-6-14(19-26(3,23)24)13(8-11)16(22)20(2)9-12-5-7-15(17)25-12/h4-8,19H,9H2,1-3H3,(H,18,21). The third-order valence-electron chi connectivity index (χ3n) is 3.23. The highest BCUT2D eigenvalue weighted by Gasteiger charge is 2.19. The number of halogens is 1. The number of hydrogen-bond acceptors (Lipinski definition) is 5. The van der Waals surface area contributed by atoms with Gasteiger partial charge in [-0.3, -0.25) is 14.3 Å². The predicted octanol–water partition coefficient (Wildman–Crippen LogP) is 3.00. The molecule has 1 aromatic heterocycles. The lowest BCUT2D eigenvalue weighted by atomic mass is 10.1. The van der Waals surface area contributed by atoms with Gasteiger partial charge in [0.1, 0.15) is 0 Å². The van der Waals surface area contributed by atoms with Crippen LogP contribution in [0.5, 0.6) is 0 Å². The van der Waals surface area contributed by atoms with Crippen molar-refractivity contribution in [2.75, 3.05) is 23.3 Å². The van der Waals surface area contributed by atoms with Gasteiger partial charge in [-0.05, 0) is 30.3 Å². The van der Waals surface area contributed by atoms with Crippen molar-refractivity contribution in [3.8, 4) is 0 Å². The summed E-state index contributed by atoms with van der Waals surface area (Å²) >= 11 is 7.26. The molecule has 10 heteroatoms. The molecule has 0 aliphatic heterocycles. The van der Waals surface area contributed by atoms with Crippen LogP contribution in [0.1, 0.15) is 22.2 Å². The molecule has 0 unspecified atom stereocenters. The van der Waals surface area contributed by atoms with Crippen molar-refractivity contribution in [1.29, 1.82) is 0 Å². The normalized spacial score (nSPS) is 11.1. The molecule has 2 amide bonds. The van der Waals surface area contributed by atoms with Gasteiger partial charge in [0.15, 0.2) is 0 Å². The van der Waals surface area contributed by atoms with Crippen molar-refractivity contribution in [3.63, 3.8) is 0 Å². The Kier molecular flexibility index (Phi) is 6.27. The van der Waals surface area contributed by atoms with Crippen LogP contribution in [0.15, 0.2) is 30.3 Å². The maximum absolute atomic E-state index is 12.9. The van der Waals surface area contributed by atoms with Gasteiger partial charge in [-0.1, -0.05) is 11.6 Å². The molecule has 26 heavy (non-hydrogen) atoms. The Morgan fingerprint density at radius 3 is 2.46 bits per heavy atom. The van der Waals surface area contributed by atoms with E-state index in [4.69, 9.17) is 11.6 Å². The third-order valence-corrected chi connectivity index (χ3v) is 5.04. The Hall–Kier alpha value is -2.10. The number of thiophene rings is 1. The lowest BCUT2D eigenvalue weighted by molar-refractivity contribution is -0.114. The molecule has 0 saturated heterocycles. The number of hydrogen-bond donors (Lipinski definition) is 2. The maximum atomic E-state index is 12.9. The van der Waals surface area contributed by atoms with Gasteiger partial charge in [0.25, 0.3) is 5.91 Å². The summed E-state index contributed by atoms with van der Waals surface area (Å²) < 4.78 is 26.1. The van der Waals surface area contributed by atoms with E-state index in [0.717, 1.165) is 11.1 Å². The van der Waals surface area contributed by atoms with E-state index in [2.05, 4.69) is 10.0 Å². The van der Waals surface area contributed by atoms with E-state index in [9.17, 15) is 18.0 Å². The zero-order chi connectivity index (χ0) is 19.5. The first-order valence-electron chi connectivity index (χ1n) is 7.44. The van der Waals surface area contributed by atoms with Crippen molar-refractivity contribution in [2.24, 2.45) is 0 Å². The summed E-state index contributed by atoms with van der Waals surface area (Å²) in [5.74, 6) is -0.693. The second kappa shape index (κ2) is 8.07. The molecule has 0 radical (unpaired) electrons. The van der Waals surface area contributed by atoms with Crippen LogP contribution in [-0.4, -0.2) is 38.4 Å². The first-order valence-corrected chi connectivity index (χ1v) is 10.5. The zero-order valence-corrected chi connectivity index (χ0v) is 16.8. The Morgan fingerprint density at radius 1 is 1.23 bits per heavy atom. The fourth-order valence-corrected chi connectivity index (χ4v) is 3.96. The Morgan fingerprint density at radius 2 is 1.92 bits per heavy atom. The summed E-state index contributed by atoms with van der Waals surface area (Å²) in [6.07, 6.45) is 1.00. The van der Waals surface area contributed by atoms with Gasteiger partial charge in [-0.2, -0.15) is 0 Å². The molecule has 0 aliphatic carbocycles. The number of anilines is 2. The quantitative estimate of drug-likeness (QED) is 0.758. The molecule has 7 nitrogen and oxygen atoms in total. The average molecular weight is 416 g/mol. The smallest absolute Gasteiger partial charge is 0.256 e. The minimum absolute atomic E-state index is 0.131. The zero-order valence-electron chi connectivity index (χ0n) is 14.4. The van der Waals surface area contributed by atoms with Crippen LogP contribution in [0.2, 0.25) is 4.34 Å². The highest BCUT2D eigenvalue weighted by Crippen LogP contribution is 2.26. The summed E-state index contributed by atoms with van der Waals surface area (Å²) in [6, 6.07) is 7.96. The number of carbonyl (C=O) groups is 2. The highest BCUT2D eigenvalue weighted by molar-refractivity contribution is 7.92. The number of sulfonamides is 1. The Balaban J connectivity index is 2.35. The third kappa shape index (κ3) is 5.72. The monoisotopic (exact) mass is 415 g/mol. The van der Waals surface area contributed by atoms with Crippen LogP contribution in [0.4, 0.5) is 11.4 Å². The molecule has 0 bridgehead atoms. The van der Waals surface area contributed by atoms with Gasteiger partial charge < -0.3 is 10.2 Å². The number of nitrogens with one attached hydrogen (secondary N) is 2. The van der Waals surface area contributed by atoms with Crippen molar-refractivity contribution >= 4 is 56.2 Å². The van der Waals surface area contributed by atoms with Gasteiger partial charge in [-0.25, -0.2) is 8.42 Å². The van der Waals surface area contributed by atoms with Gasteiger partial charge in [-0.15, -0.1) is 11.3 Å². The van der Waals surface area contributed by atoms with Crippen LogP contribution >= 0.6 is 22.9 Å². The largest absolute Gasteiger partial charge is 0.336 e. The number of benzene rings is 1. The number of carbonyl (C=O) groups excluding carboxylic acids is 2. The SMILES string of the molecule is CC(=O)Nc1ccc(NS(C)(=O)=O)c(C(=O)N(C)Cc2ccc(Cl)s2)c1. The molecule has 0 spiro atoms. The first-order chi connectivity index (χ1) is 12.0. The molecule has 0 atom stereocenters. The summed E-state index contributed by atoms with van der Waals surface area (Å²) in [4.78, 5) is 26.4. The number of amides is 2. The summed E-state index contributed by atoms with van der Waals surface area (Å²) in [5.41, 5.74) is 0.668. The topological polar surface area (TPSA) is 95.6 Å². The van der Waals surface area contributed by atoms with E-state index in [-0.39, 0.29) is 17.2 Å². The molecular weight excluding hydrogens is 398 g/mol. The van der Waals surface area contributed by atoms with Crippen LogP contribution < -0.4 is 10.0 Å². The molecule has 0 saturated carbocycles. The number of nitrogens with zero attached hydrogens (tertiary/aromatic N) is 1. The fraction of sp³-hybridized carbons (Fsp3) is 0.250. The molecule has 2 rings (SSSR count). The Bertz CT molecular complexity index is 941. The van der Waals surface area contributed by atoms with E-state index in [1.807, 2.05) is 6.07 Å². The van der Waals surface area contributed by atoms with Crippen LogP contribution in [0.25, 0.3) is 0 Å². The summed E-state index contributed by atoms with van der Waals surface area (Å²) in [7, 11) is -1.97. The average Bonchev–Trinajstić information content (AvgIpc) is 2.91. The van der Waals surface area contributed by atoms with Crippen LogP contribution in [-0.2, 0) is 21.4 Å². The molecule has 2 N–H and O–H groups in total. The van der Waals surface area contributed by atoms with Crippen LogP contribution in [0, 0.1) is 0 Å². The molecular formula is C16H18ClN3O4S2. The molecule has 140 valence electrons. The van der Waals surface area contributed by atoms with Gasteiger partial charge in [0.2, 0.25) is 15.9 Å². The second-order valence-corrected chi connectivity index (χ2v) is 9.23. The minimum atomic E-state index is -3.57. The maximum Gasteiger partial charge on any atom is 0.256 e. The Labute approximate surface area is 161 Å².